The highest BCUT2D eigenvalue weighted by Crippen LogP contribution is 2.24. The molecule has 3 aromatic carbocycles. The predicted molar refractivity (Wildman–Crippen MR) is 140 cm³/mol. The minimum Gasteiger partial charge on any atom is -0.496 e. The van der Waals surface area contributed by atoms with Gasteiger partial charge in [0.1, 0.15) is 11.6 Å². The molecule has 0 saturated carbocycles. The number of anilines is 2. The van der Waals surface area contributed by atoms with Crippen LogP contribution in [0.5, 0.6) is 5.75 Å². The zero-order valence-electron chi connectivity index (χ0n) is 20.2. The Hall–Kier alpha value is -4.59. The third kappa shape index (κ3) is 5.38. The van der Waals surface area contributed by atoms with Crippen molar-refractivity contribution in [3.8, 4) is 5.75 Å². The number of rotatable bonds is 8. The Morgan fingerprint density at radius 3 is 2.22 bits per heavy atom. The molecule has 0 spiro atoms. The fourth-order valence-corrected chi connectivity index (χ4v) is 4.06. The second-order valence-corrected chi connectivity index (χ2v) is 8.51. The van der Waals surface area contributed by atoms with Crippen LogP contribution >= 0.6 is 0 Å². The van der Waals surface area contributed by atoms with Crippen LogP contribution in [0.2, 0.25) is 0 Å². The van der Waals surface area contributed by atoms with Crippen LogP contribution in [0.15, 0.2) is 88.5 Å². The van der Waals surface area contributed by atoms with Crippen LogP contribution in [-0.2, 0) is 24.3 Å². The third-order valence-electron chi connectivity index (χ3n) is 5.98. The number of methoxy groups -OCH3 is 1. The fourth-order valence-electron chi connectivity index (χ4n) is 4.06. The standard InChI is InChI=1S/C28H28N4O4/c1-19-13-14-22(15-23(19)36-2)16-24(33)31(17-20-9-5-3-6-10-20)25-26(29)32(28(35)30-27(25)34)18-21-11-7-4-8-12-21/h3-15H,16-18,29H2,1-2H3,(H,30,34,35). The topological polar surface area (TPSA) is 110 Å². The maximum absolute atomic E-state index is 13.7. The number of aryl methyl sites for hydroxylation is 1. The fraction of sp³-hybridized carbons (Fsp3) is 0.179. The summed E-state index contributed by atoms with van der Waals surface area (Å²) in [7, 11) is 1.58. The van der Waals surface area contributed by atoms with Crippen LogP contribution in [-0.4, -0.2) is 22.6 Å². The van der Waals surface area contributed by atoms with Crippen molar-refractivity contribution in [2.24, 2.45) is 0 Å². The molecule has 0 atom stereocenters. The number of aromatic nitrogens is 2. The van der Waals surface area contributed by atoms with Crippen LogP contribution < -0.4 is 26.6 Å². The molecular formula is C28H28N4O4. The summed E-state index contributed by atoms with van der Waals surface area (Å²) >= 11 is 0. The Labute approximate surface area is 208 Å². The predicted octanol–water partition coefficient (Wildman–Crippen LogP) is 3.26. The van der Waals surface area contributed by atoms with Crippen molar-refractivity contribution in [3.05, 3.63) is 122 Å². The Kier molecular flexibility index (Phi) is 7.34. The highest BCUT2D eigenvalue weighted by molar-refractivity contribution is 5.96. The number of nitrogens with one attached hydrogen (secondary N) is 1. The molecule has 1 aromatic heterocycles. The number of benzene rings is 3. The molecule has 8 heteroatoms. The highest BCUT2D eigenvalue weighted by atomic mass is 16.5. The van der Waals surface area contributed by atoms with Gasteiger partial charge in [-0.2, -0.15) is 0 Å². The SMILES string of the molecule is COc1cc(CC(=O)N(Cc2ccccc2)c2c(N)n(Cc3ccccc3)c(=O)[nH]c2=O)ccc1C. The van der Waals surface area contributed by atoms with E-state index in [2.05, 4.69) is 4.98 Å². The molecule has 3 N–H and O–H groups in total. The average molecular weight is 485 g/mol. The van der Waals surface area contributed by atoms with E-state index in [0.29, 0.717) is 5.75 Å². The molecular weight excluding hydrogens is 456 g/mol. The smallest absolute Gasteiger partial charge is 0.330 e. The molecule has 184 valence electrons. The Morgan fingerprint density at radius 1 is 0.944 bits per heavy atom. The molecule has 36 heavy (non-hydrogen) atoms. The van der Waals surface area contributed by atoms with Crippen molar-refractivity contribution in [1.29, 1.82) is 0 Å². The molecule has 4 rings (SSSR count). The number of nitrogens with two attached hydrogens (primary N) is 1. The van der Waals surface area contributed by atoms with Crippen LogP contribution in [0.25, 0.3) is 0 Å². The molecule has 0 aliphatic heterocycles. The number of amides is 1. The summed E-state index contributed by atoms with van der Waals surface area (Å²) in [4.78, 5) is 43.0. The number of nitrogen functional groups attached to an aromatic ring is 1. The van der Waals surface area contributed by atoms with E-state index in [-0.39, 0.29) is 36.9 Å². The lowest BCUT2D eigenvalue weighted by Gasteiger charge is -2.25. The number of aromatic amines is 1. The van der Waals surface area contributed by atoms with Crippen molar-refractivity contribution in [2.45, 2.75) is 26.4 Å². The molecule has 0 saturated heterocycles. The maximum atomic E-state index is 13.7. The number of H-pyrrole nitrogens is 1. The molecule has 8 nitrogen and oxygen atoms in total. The van der Waals surface area contributed by atoms with Crippen molar-refractivity contribution in [3.63, 3.8) is 0 Å². The van der Waals surface area contributed by atoms with E-state index in [0.717, 1.165) is 22.3 Å². The van der Waals surface area contributed by atoms with Gasteiger partial charge in [-0.3, -0.25) is 24.0 Å². The van der Waals surface area contributed by atoms with E-state index < -0.39 is 11.2 Å². The number of carbonyl (C=O) groups excluding carboxylic acids is 1. The second kappa shape index (κ2) is 10.8. The molecule has 1 heterocycles. The molecule has 0 aliphatic rings. The molecule has 4 aromatic rings. The summed E-state index contributed by atoms with van der Waals surface area (Å²) < 4.78 is 6.66. The first kappa shape index (κ1) is 24.5. The van der Waals surface area contributed by atoms with Gasteiger partial charge >= 0.3 is 5.69 Å². The first-order valence-corrected chi connectivity index (χ1v) is 11.5. The van der Waals surface area contributed by atoms with Crippen molar-refractivity contribution in [2.75, 3.05) is 17.7 Å². The van der Waals surface area contributed by atoms with Gasteiger partial charge in [-0.25, -0.2) is 4.79 Å². The quantitative estimate of drug-likeness (QED) is 0.399. The molecule has 1 amide bonds. The first-order valence-electron chi connectivity index (χ1n) is 11.5. The molecule has 0 bridgehead atoms. The molecule has 0 aliphatic carbocycles. The Balaban J connectivity index is 1.77. The van der Waals surface area contributed by atoms with Gasteiger partial charge in [0, 0.05) is 0 Å². The van der Waals surface area contributed by atoms with Crippen LogP contribution in [0.1, 0.15) is 22.3 Å². The largest absolute Gasteiger partial charge is 0.496 e. The Morgan fingerprint density at radius 2 is 1.58 bits per heavy atom. The average Bonchev–Trinajstić information content (AvgIpc) is 2.88. The van der Waals surface area contributed by atoms with E-state index in [9.17, 15) is 14.4 Å². The van der Waals surface area contributed by atoms with Gasteiger partial charge in [0.2, 0.25) is 5.91 Å². The van der Waals surface area contributed by atoms with Gasteiger partial charge in [0.05, 0.1) is 26.6 Å². The zero-order valence-corrected chi connectivity index (χ0v) is 20.2. The zero-order chi connectivity index (χ0) is 25.7. The molecule has 0 unspecified atom stereocenters. The maximum Gasteiger partial charge on any atom is 0.330 e. The summed E-state index contributed by atoms with van der Waals surface area (Å²) in [6.45, 7) is 2.18. The van der Waals surface area contributed by atoms with Crippen LogP contribution in [0, 0.1) is 6.92 Å². The van der Waals surface area contributed by atoms with Crippen molar-refractivity contribution < 1.29 is 9.53 Å². The highest BCUT2D eigenvalue weighted by Gasteiger charge is 2.25. The number of carbonyl (C=O) groups is 1. The summed E-state index contributed by atoms with van der Waals surface area (Å²) in [5.74, 6) is 0.258. The number of nitrogens with zero attached hydrogens (tertiary/aromatic N) is 2. The van der Waals surface area contributed by atoms with E-state index in [4.69, 9.17) is 10.5 Å². The van der Waals surface area contributed by atoms with E-state index in [1.54, 1.807) is 13.2 Å². The van der Waals surface area contributed by atoms with E-state index >= 15 is 0 Å². The minimum atomic E-state index is -0.715. The van der Waals surface area contributed by atoms with Gasteiger partial charge < -0.3 is 10.5 Å². The molecule has 0 fully saturated rings. The second-order valence-electron chi connectivity index (χ2n) is 8.51. The van der Waals surface area contributed by atoms with Crippen LogP contribution in [0.3, 0.4) is 0 Å². The van der Waals surface area contributed by atoms with Crippen molar-refractivity contribution >= 4 is 17.4 Å². The number of hydrogen-bond donors (Lipinski definition) is 2. The lowest BCUT2D eigenvalue weighted by atomic mass is 10.1. The van der Waals surface area contributed by atoms with Gasteiger partial charge in [-0.15, -0.1) is 0 Å². The lowest BCUT2D eigenvalue weighted by molar-refractivity contribution is -0.118. The van der Waals surface area contributed by atoms with Gasteiger partial charge in [-0.05, 0) is 35.2 Å². The number of ether oxygens (including phenoxy) is 1. The molecule has 0 radical (unpaired) electrons. The summed E-state index contributed by atoms with van der Waals surface area (Å²) in [5, 5.41) is 0. The monoisotopic (exact) mass is 484 g/mol. The first-order chi connectivity index (χ1) is 17.4. The van der Waals surface area contributed by atoms with Gasteiger partial charge in [0.25, 0.3) is 5.56 Å². The van der Waals surface area contributed by atoms with Gasteiger partial charge in [-0.1, -0.05) is 72.8 Å². The van der Waals surface area contributed by atoms with E-state index in [1.807, 2.05) is 79.7 Å². The summed E-state index contributed by atoms with van der Waals surface area (Å²) in [6, 6.07) is 24.1. The van der Waals surface area contributed by atoms with Crippen molar-refractivity contribution in [1.82, 2.24) is 9.55 Å². The summed E-state index contributed by atoms with van der Waals surface area (Å²) in [5.41, 5.74) is 8.32. The van der Waals surface area contributed by atoms with Crippen LogP contribution in [0.4, 0.5) is 11.5 Å². The lowest BCUT2D eigenvalue weighted by Crippen LogP contribution is -2.41. The van der Waals surface area contributed by atoms with E-state index in [1.165, 1.54) is 9.47 Å². The normalized spacial score (nSPS) is 10.7. The Bertz CT molecular complexity index is 1480. The summed E-state index contributed by atoms with van der Waals surface area (Å²) in [6.07, 6.45) is 0.0141. The third-order valence-corrected chi connectivity index (χ3v) is 5.98. The minimum absolute atomic E-state index is 0.0141. The van der Waals surface area contributed by atoms with Gasteiger partial charge in [0.15, 0.2) is 5.69 Å². The number of hydrogen-bond acceptors (Lipinski definition) is 5.